The number of nitrogens with zero attached hydrogens (tertiary/aromatic N) is 1. The number of rotatable bonds is 1. The van der Waals surface area contributed by atoms with Crippen molar-refractivity contribution in [1.82, 2.24) is 4.90 Å². The first kappa shape index (κ1) is 13.3. The number of likely N-dealkylation sites (tertiary alicyclic amines) is 1. The summed E-state index contributed by atoms with van der Waals surface area (Å²) in [5.41, 5.74) is 0.844. The van der Waals surface area contributed by atoms with Crippen molar-refractivity contribution in [2.24, 2.45) is 0 Å². The third-order valence-corrected chi connectivity index (χ3v) is 4.64. The Morgan fingerprint density at radius 2 is 1.41 bits per heavy atom. The Balaban J connectivity index is 1.93. The van der Waals surface area contributed by atoms with Crippen LogP contribution in [0.2, 0.25) is 0 Å². The Labute approximate surface area is 130 Å². The van der Waals surface area contributed by atoms with E-state index in [2.05, 4.69) is 36.4 Å². The van der Waals surface area contributed by atoms with Crippen LogP contribution in [0.5, 0.6) is 0 Å². The summed E-state index contributed by atoms with van der Waals surface area (Å²) in [6.07, 6.45) is 3.48. The van der Waals surface area contributed by atoms with Gasteiger partial charge in [-0.2, -0.15) is 0 Å². The number of piperidine rings is 1. The molecule has 0 aromatic heterocycles. The minimum atomic E-state index is 0.182. The van der Waals surface area contributed by atoms with Gasteiger partial charge in [0, 0.05) is 18.7 Å². The molecule has 3 aromatic carbocycles. The van der Waals surface area contributed by atoms with Crippen LogP contribution in [0.1, 0.15) is 29.6 Å². The van der Waals surface area contributed by atoms with Crippen molar-refractivity contribution in [3.8, 4) is 0 Å². The summed E-state index contributed by atoms with van der Waals surface area (Å²) in [5.74, 6) is 0.182. The monoisotopic (exact) mass is 289 g/mol. The number of amides is 1. The zero-order valence-electron chi connectivity index (χ0n) is 12.6. The van der Waals surface area contributed by atoms with Gasteiger partial charge in [-0.25, -0.2) is 0 Å². The van der Waals surface area contributed by atoms with Gasteiger partial charge in [-0.05, 0) is 46.9 Å². The molecule has 110 valence electrons. The van der Waals surface area contributed by atoms with Gasteiger partial charge in [-0.15, -0.1) is 0 Å². The molecule has 0 atom stereocenters. The van der Waals surface area contributed by atoms with Crippen molar-refractivity contribution in [3.05, 3.63) is 60.2 Å². The van der Waals surface area contributed by atoms with Crippen molar-refractivity contribution in [2.75, 3.05) is 13.1 Å². The smallest absolute Gasteiger partial charge is 0.254 e. The van der Waals surface area contributed by atoms with Crippen LogP contribution in [0.25, 0.3) is 21.5 Å². The van der Waals surface area contributed by atoms with Gasteiger partial charge in [0.25, 0.3) is 5.91 Å². The topological polar surface area (TPSA) is 20.3 Å². The zero-order valence-corrected chi connectivity index (χ0v) is 12.6. The first-order chi connectivity index (χ1) is 10.8. The van der Waals surface area contributed by atoms with Crippen LogP contribution >= 0.6 is 0 Å². The van der Waals surface area contributed by atoms with E-state index in [1.807, 2.05) is 23.1 Å². The quantitative estimate of drug-likeness (QED) is 0.599. The molecule has 0 bridgehead atoms. The first-order valence-electron chi connectivity index (χ1n) is 8.04. The highest BCUT2D eigenvalue weighted by atomic mass is 16.2. The normalized spacial score (nSPS) is 15.4. The van der Waals surface area contributed by atoms with Gasteiger partial charge in [0.15, 0.2) is 0 Å². The molecule has 0 radical (unpaired) electrons. The lowest BCUT2D eigenvalue weighted by Gasteiger charge is -2.27. The van der Waals surface area contributed by atoms with Crippen LogP contribution in [-0.2, 0) is 0 Å². The Morgan fingerprint density at radius 3 is 2.18 bits per heavy atom. The molecule has 1 amide bonds. The van der Waals surface area contributed by atoms with Gasteiger partial charge in [0.1, 0.15) is 0 Å². The molecule has 1 fully saturated rings. The minimum Gasteiger partial charge on any atom is -0.339 e. The van der Waals surface area contributed by atoms with E-state index in [-0.39, 0.29) is 5.91 Å². The van der Waals surface area contributed by atoms with E-state index in [0.29, 0.717) is 0 Å². The van der Waals surface area contributed by atoms with Gasteiger partial charge >= 0.3 is 0 Å². The summed E-state index contributed by atoms with van der Waals surface area (Å²) in [7, 11) is 0. The van der Waals surface area contributed by atoms with Crippen LogP contribution in [-0.4, -0.2) is 23.9 Å². The molecule has 1 aliphatic heterocycles. The van der Waals surface area contributed by atoms with Crippen LogP contribution < -0.4 is 0 Å². The Morgan fingerprint density at radius 1 is 0.773 bits per heavy atom. The molecule has 0 saturated carbocycles. The molecule has 0 aliphatic carbocycles. The fourth-order valence-corrected chi connectivity index (χ4v) is 3.50. The second-order valence-corrected chi connectivity index (χ2v) is 6.04. The average Bonchev–Trinajstić information content (AvgIpc) is 2.61. The maximum Gasteiger partial charge on any atom is 0.254 e. The maximum absolute atomic E-state index is 13.0. The summed E-state index contributed by atoms with van der Waals surface area (Å²) in [5, 5.41) is 4.59. The lowest BCUT2D eigenvalue weighted by Crippen LogP contribution is -2.35. The standard InChI is InChI=1S/C20H19NO/c22-20(21-12-6-1-7-13-21)19-14-15-8-2-3-9-16(15)17-10-4-5-11-18(17)19/h2-5,8-11,14H,1,6-7,12-13H2. The number of carbonyl (C=O) groups excluding carboxylic acids is 1. The summed E-state index contributed by atoms with van der Waals surface area (Å²) in [6, 6.07) is 18.6. The van der Waals surface area contributed by atoms with Crippen molar-refractivity contribution < 1.29 is 4.79 Å². The Bertz CT molecular complexity index is 847. The van der Waals surface area contributed by atoms with E-state index < -0.39 is 0 Å². The van der Waals surface area contributed by atoms with E-state index in [1.165, 1.54) is 17.2 Å². The number of hydrogen-bond acceptors (Lipinski definition) is 1. The lowest BCUT2D eigenvalue weighted by atomic mass is 9.96. The molecule has 2 nitrogen and oxygen atoms in total. The van der Waals surface area contributed by atoms with Gasteiger partial charge in [-0.1, -0.05) is 48.5 Å². The van der Waals surface area contributed by atoms with E-state index >= 15 is 0 Å². The van der Waals surface area contributed by atoms with Crippen molar-refractivity contribution in [3.63, 3.8) is 0 Å². The zero-order chi connectivity index (χ0) is 14.9. The molecule has 3 aromatic rings. The highest BCUT2D eigenvalue weighted by Crippen LogP contribution is 2.29. The van der Waals surface area contributed by atoms with Gasteiger partial charge in [0.2, 0.25) is 0 Å². The van der Waals surface area contributed by atoms with Crippen molar-refractivity contribution in [1.29, 1.82) is 0 Å². The average molecular weight is 289 g/mol. The first-order valence-corrected chi connectivity index (χ1v) is 8.04. The third kappa shape index (κ3) is 2.16. The van der Waals surface area contributed by atoms with Gasteiger partial charge in [0.05, 0.1) is 0 Å². The predicted octanol–water partition coefficient (Wildman–Crippen LogP) is 4.62. The summed E-state index contributed by atoms with van der Waals surface area (Å²) in [4.78, 5) is 15.0. The number of carbonyl (C=O) groups is 1. The molecule has 1 saturated heterocycles. The molecule has 22 heavy (non-hydrogen) atoms. The van der Waals surface area contributed by atoms with E-state index in [1.54, 1.807) is 0 Å². The molecule has 0 spiro atoms. The number of hydrogen-bond donors (Lipinski definition) is 0. The minimum absolute atomic E-state index is 0.182. The third-order valence-electron chi connectivity index (χ3n) is 4.64. The molecule has 1 heterocycles. The van der Waals surface area contributed by atoms with Gasteiger partial charge < -0.3 is 4.90 Å². The SMILES string of the molecule is O=C(c1cc2ccccc2c2ccccc12)N1CCCCC1. The van der Waals surface area contributed by atoms with Crippen LogP contribution in [0.15, 0.2) is 54.6 Å². The lowest BCUT2D eigenvalue weighted by molar-refractivity contribution is 0.0726. The molecular formula is C20H19NO. The Hall–Kier alpha value is -2.35. The fourth-order valence-electron chi connectivity index (χ4n) is 3.50. The second-order valence-electron chi connectivity index (χ2n) is 6.04. The van der Waals surface area contributed by atoms with Crippen molar-refractivity contribution in [2.45, 2.75) is 19.3 Å². The summed E-state index contributed by atoms with van der Waals surface area (Å²) < 4.78 is 0. The Kier molecular flexibility index (Phi) is 3.30. The summed E-state index contributed by atoms with van der Waals surface area (Å²) >= 11 is 0. The number of benzene rings is 3. The van der Waals surface area contributed by atoms with Crippen LogP contribution in [0.3, 0.4) is 0 Å². The van der Waals surface area contributed by atoms with Gasteiger partial charge in [-0.3, -0.25) is 4.79 Å². The molecule has 0 N–H and O–H groups in total. The molecule has 1 aliphatic rings. The fraction of sp³-hybridized carbons (Fsp3) is 0.250. The largest absolute Gasteiger partial charge is 0.339 e. The van der Waals surface area contributed by atoms with E-state index in [4.69, 9.17) is 0 Å². The highest BCUT2D eigenvalue weighted by molar-refractivity contribution is 6.17. The predicted molar refractivity (Wildman–Crippen MR) is 91.2 cm³/mol. The van der Waals surface area contributed by atoms with E-state index in [0.717, 1.165) is 42.3 Å². The highest BCUT2D eigenvalue weighted by Gasteiger charge is 2.20. The van der Waals surface area contributed by atoms with Crippen molar-refractivity contribution >= 4 is 27.5 Å². The second kappa shape index (κ2) is 5.45. The van der Waals surface area contributed by atoms with Crippen LogP contribution in [0.4, 0.5) is 0 Å². The molecular weight excluding hydrogens is 270 g/mol. The molecule has 4 rings (SSSR count). The molecule has 2 heteroatoms. The number of fused-ring (bicyclic) bond motifs is 3. The molecule has 0 unspecified atom stereocenters. The summed E-state index contributed by atoms with van der Waals surface area (Å²) in [6.45, 7) is 1.78. The van der Waals surface area contributed by atoms with Crippen LogP contribution in [0, 0.1) is 0 Å². The maximum atomic E-state index is 13.0. The van der Waals surface area contributed by atoms with E-state index in [9.17, 15) is 4.79 Å².